The summed E-state index contributed by atoms with van der Waals surface area (Å²) in [5.41, 5.74) is 0. The Morgan fingerprint density at radius 3 is 2.94 bits per heavy atom. The topological polar surface area (TPSA) is 33.7 Å². The van der Waals surface area contributed by atoms with E-state index < -0.39 is 0 Å². The lowest BCUT2D eigenvalue weighted by Gasteiger charge is -2.36. The van der Waals surface area contributed by atoms with Gasteiger partial charge in [0, 0.05) is 45.9 Å². The van der Waals surface area contributed by atoms with Gasteiger partial charge in [-0.05, 0) is 12.8 Å². The van der Waals surface area contributed by atoms with Crippen molar-refractivity contribution in [3.63, 3.8) is 0 Å². The molecule has 0 radical (unpaired) electrons. The van der Waals surface area contributed by atoms with E-state index in [-0.39, 0.29) is 0 Å². The summed E-state index contributed by atoms with van der Waals surface area (Å²) in [4.78, 5) is 2.61. The van der Waals surface area contributed by atoms with Crippen LogP contribution in [0.1, 0.15) is 26.2 Å². The molecule has 0 aliphatic carbocycles. The first-order valence-electron chi connectivity index (χ1n) is 6.90. The first-order chi connectivity index (χ1) is 8.38. The van der Waals surface area contributed by atoms with Crippen LogP contribution in [0.15, 0.2) is 0 Å². The predicted octanol–water partition coefficient (Wildman–Crippen LogP) is 1.11. The maximum Gasteiger partial charge on any atom is 0.0700 e. The van der Waals surface area contributed by atoms with E-state index in [1.807, 2.05) is 0 Å². The van der Waals surface area contributed by atoms with Crippen LogP contribution < -0.4 is 5.32 Å². The van der Waals surface area contributed by atoms with E-state index in [0.29, 0.717) is 6.61 Å². The third-order valence-corrected chi connectivity index (χ3v) is 3.26. The summed E-state index contributed by atoms with van der Waals surface area (Å²) in [6.07, 6.45) is 3.70. The van der Waals surface area contributed by atoms with Gasteiger partial charge < -0.3 is 14.8 Å². The monoisotopic (exact) mass is 244 g/mol. The van der Waals surface area contributed by atoms with Gasteiger partial charge in [-0.1, -0.05) is 13.3 Å². The zero-order chi connectivity index (χ0) is 12.3. The van der Waals surface area contributed by atoms with Gasteiger partial charge in [-0.3, -0.25) is 4.90 Å². The standard InChI is InChI=1S/C13H28N2O2/c1-3-5-13-12-14-6-8-15(13)7-4-9-17-11-10-16-2/h13-14H,3-12H2,1-2H3. The minimum Gasteiger partial charge on any atom is -0.382 e. The average Bonchev–Trinajstić information content (AvgIpc) is 2.36. The fraction of sp³-hybridized carbons (Fsp3) is 1.00. The van der Waals surface area contributed by atoms with Crippen LogP contribution in [-0.2, 0) is 9.47 Å². The van der Waals surface area contributed by atoms with Crippen LogP contribution >= 0.6 is 0 Å². The molecule has 1 unspecified atom stereocenters. The van der Waals surface area contributed by atoms with Crippen LogP contribution in [0.25, 0.3) is 0 Å². The fourth-order valence-corrected chi connectivity index (χ4v) is 2.33. The third kappa shape index (κ3) is 6.36. The van der Waals surface area contributed by atoms with E-state index in [4.69, 9.17) is 9.47 Å². The van der Waals surface area contributed by atoms with Gasteiger partial charge in [-0.25, -0.2) is 0 Å². The number of nitrogens with zero attached hydrogens (tertiary/aromatic N) is 1. The fourth-order valence-electron chi connectivity index (χ4n) is 2.33. The van der Waals surface area contributed by atoms with Crippen molar-refractivity contribution in [3.8, 4) is 0 Å². The maximum absolute atomic E-state index is 5.49. The molecule has 102 valence electrons. The van der Waals surface area contributed by atoms with Crippen LogP contribution in [0.2, 0.25) is 0 Å². The normalized spacial score (nSPS) is 21.9. The highest BCUT2D eigenvalue weighted by molar-refractivity contribution is 4.79. The number of piperazine rings is 1. The molecule has 0 aromatic heterocycles. The molecule has 4 heteroatoms. The Hall–Kier alpha value is -0.160. The van der Waals surface area contributed by atoms with Gasteiger partial charge in [0.25, 0.3) is 0 Å². The molecule has 0 bridgehead atoms. The lowest BCUT2D eigenvalue weighted by atomic mass is 10.1. The first kappa shape index (κ1) is 14.9. The number of rotatable bonds is 9. The van der Waals surface area contributed by atoms with E-state index >= 15 is 0 Å². The van der Waals surface area contributed by atoms with Gasteiger partial charge in [0.1, 0.15) is 0 Å². The molecule has 17 heavy (non-hydrogen) atoms. The van der Waals surface area contributed by atoms with E-state index in [9.17, 15) is 0 Å². The van der Waals surface area contributed by atoms with E-state index in [1.54, 1.807) is 7.11 Å². The van der Waals surface area contributed by atoms with Crippen molar-refractivity contribution in [2.45, 2.75) is 32.2 Å². The molecule has 4 nitrogen and oxygen atoms in total. The first-order valence-corrected chi connectivity index (χ1v) is 6.90. The summed E-state index contributed by atoms with van der Waals surface area (Å²) in [7, 11) is 1.71. The Balaban J connectivity index is 2.06. The number of hydrogen-bond donors (Lipinski definition) is 1. The van der Waals surface area contributed by atoms with Crippen molar-refractivity contribution < 1.29 is 9.47 Å². The second-order valence-corrected chi connectivity index (χ2v) is 4.64. The molecule has 1 N–H and O–H groups in total. The third-order valence-electron chi connectivity index (χ3n) is 3.26. The molecule has 0 aromatic carbocycles. The number of ether oxygens (including phenoxy) is 2. The Kier molecular flexibility index (Phi) is 8.61. The molecule has 1 atom stereocenters. The summed E-state index contributed by atoms with van der Waals surface area (Å²) < 4.78 is 10.4. The minimum absolute atomic E-state index is 0.700. The van der Waals surface area contributed by atoms with E-state index in [0.717, 1.165) is 38.8 Å². The van der Waals surface area contributed by atoms with Gasteiger partial charge in [0.2, 0.25) is 0 Å². The zero-order valence-corrected chi connectivity index (χ0v) is 11.4. The largest absolute Gasteiger partial charge is 0.382 e. The SMILES string of the molecule is CCCC1CNCCN1CCCOCCOC. The molecule has 1 aliphatic heterocycles. The minimum atomic E-state index is 0.700. The zero-order valence-electron chi connectivity index (χ0n) is 11.4. The molecule has 0 amide bonds. The maximum atomic E-state index is 5.49. The van der Waals surface area contributed by atoms with Crippen molar-refractivity contribution in [1.29, 1.82) is 0 Å². The summed E-state index contributed by atoms with van der Waals surface area (Å²) in [5, 5.41) is 3.48. The van der Waals surface area contributed by atoms with Crippen molar-refractivity contribution in [1.82, 2.24) is 10.2 Å². The smallest absolute Gasteiger partial charge is 0.0700 e. The lowest BCUT2D eigenvalue weighted by molar-refractivity contribution is 0.0600. The summed E-state index contributed by atoms with van der Waals surface area (Å²) in [6, 6.07) is 0.729. The Bertz CT molecular complexity index is 177. The highest BCUT2D eigenvalue weighted by Crippen LogP contribution is 2.09. The van der Waals surface area contributed by atoms with E-state index in [2.05, 4.69) is 17.1 Å². The Morgan fingerprint density at radius 2 is 2.18 bits per heavy atom. The Labute approximate surface area is 106 Å². The average molecular weight is 244 g/mol. The molecule has 1 heterocycles. The summed E-state index contributed by atoms with van der Waals surface area (Å²) in [6.45, 7) is 9.17. The van der Waals surface area contributed by atoms with Gasteiger partial charge in [0.15, 0.2) is 0 Å². The van der Waals surface area contributed by atoms with Crippen LogP contribution in [0.3, 0.4) is 0 Å². The van der Waals surface area contributed by atoms with Gasteiger partial charge in [0.05, 0.1) is 13.2 Å². The summed E-state index contributed by atoms with van der Waals surface area (Å²) in [5.74, 6) is 0. The van der Waals surface area contributed by atoms with Gasteiger partial charge in [-0.2, -0.15) is 0 Å². The second kappa shape index (κ2) is 9.83. The van der Waals surface area contributed by atoms with Crippen LogP contribution in [-0.4, -0.2) is 64.1 Å². The van der Waals surface area contributed by atoms with Crippen molar-refractivity contribution in [2.75, 3.05) is 53.1 Å². The highest BCUT2D eigenvalue weighted by Gasteiger charge is 2.20. The van der Waals surface area contributed by atoms with Crippen molar-refractivity contribution in [2.24, 2.45) is 0 Å². The second-order valence-electron chi connectivity index (χ2n) is 4.64. The molecule has 0 aromatic rings. The summed E-state index contributed by atoms with van der Waals surface area (Å²) >= 11 is 0. The molecule has 1 rings (SSSR count). The van der Waals surface area contributed by atoms with Crippen molar-refractivity contribution >= 4 is 0 Å². The van der Waals surface area contributed by atoms with Gasteiger partial charge >= 0.3 is 0 Å². The van der Waals surface area contributed by atoms with Crippen molar-refractivity contribution in [3.05, 3.63) is 0 Å². The van der Waals surface area contributed by atoms with Crippen LogP contribution in [0.4, 0.5) is 0 Å². The highest BCUT2D eigenvalue weighted by atomic mass is 16.5. The molecule has 0 saturated carbocycles. The number of hydrogen-bond acceptors (Lipinski definition) is 4. The molecular formula is C13H28N2O2. The molecule has 1 saturated heterocycles. The molecule has 0 spiro atoms. The number of nitrogens with one attached hydrogen (secondary N) is 1. The van der Waals surface area contributed by atoms with E-state index in [1.165, 1.54) is 25.9 Å². The van der Waals surface area contributed by atoms with Crippen LogP contribution in [0, 0.1) is 0 Å². The molecule has 1 fully saturated rings. The van der Waals surface area contributed by atoms with Gasteiger partial charge in [-0.15, -0.1) is 0 Å². The predicted molar refractivity (Wildman–Crippen MR) is 70.5 cm³/mol. The Morgan fingerprint density at radius 1 is 1.29 bits per heavy atom. The quantitative estimate of drug-likeness (QED) is 0.616. The molecule has 1 aliphatic rings. The van der Waals surface area contributed by atoms with Crippen LogP contribution in [0.5, 0.6) is 0 Å². The number of methoxy groups -OCH3 is 1. The molecular weight excluding hydrogens is 216 g/mol. The lowest BCUT2D eigenvalue weighted by Crippen LogP contribution is -2.51.